The number of rotatable bonds is 4. The van der Waals surface area contributed by atoms with Crippen LogP contribution in [0.5, 0.6) is 0 Å². The van der Waals surface area contributed by atoms with E-state index in [1.54, 1.807) is 0 Å². The predicted molar refractivity (Wildman–Crippen MR) is 52.4 cm³/mol. The number of nitrogens with two attached hydrogens (primary N) is 2. The summed E-state index contributed by atoms with van der Waals surface area (Å²) in [6, 6.07) is -0.479. The van der Waals surface area contributed by atoms with Gasteiger partial charge in [-0.1, -0.05) is 19.3 Å². The van der Waals surface area contributed by atoms with E-state index >= 15 is 0 Å². The van der Waals surface area contributed by atoms with Gasteiger partial charge in [-0.2, -0.15) is 0 Å². The molecule has 13 heavy (non-hydrogen) atoms. The van der Waals surface area contributed by atoms with E-state index in [2.05, 4.69) is 0 Å². The third-order valence-corrected chi connectivity index (χ3v) is 2.53. The minimum Gasteiger partial charge on any atom is -0.382 e. The van der Waals surface area contributed by atoms with E-state index in [-0.39, 0.29) is 12.4 Å². The van der Waals surface area contributed by atoms with Crippen LogP contribution in [-0.2, 0) is 4.79 Å². The van der Waals surface area contributed by atoms with Crippen LogP contribution in [0.2, 0.25) is 0 Å². The highest BCUT2D eigenvalue weighted by molar-refractivity contribution is 5.85. The minimum absolute atomic E-state index is 0. The molecule has 2 atom stereocenters. The van der Waals surface area contributed by atoms with Crippen molar-refractivity contribution in [2.45, 2.75) is 37.8 Å². The van der Waals surface area contributed by atoms with Gasteiger partial charge in [-0.05, 0) is 12.3 Å². The third-order valence-electron chi connectivity index (χ3n) is 2.53. The SMILES string of the molecule is Cl.NC(=O)[C@@H](O)[C@@H](N)CC1CCC1. The van der Waals surface area contributed by atoms with Gasteiger partial charge in [-0.15, -0.1) is 12.4 Å². The van der Waals surface area contributed by atoms with Crippen molar-refractivity contribution in [1.29, 1.82) is 0 Å². The standard InChI is InChI=1S/C8H16N2O2.ClH/c9-6(7(11)8(10)12)4-5-2-1-3-5;/h5-7,11H,1-4,9H2,(H2,10,12);1H/t6-,7-;/m0./s1. The van der Waals surface area contributed by atoms with Gasteiger partial charge in [0.1, 0.15) is 6.10 Å². The lowest BCUT2D eigenvalue weighted by Crippen LogP contribution is -2.45. The van der Waals surface area contributed by atoms with Crippen LogP contribution in [0.25, 0.3) is 0 Å². The second-order valence-corrected chi connectivity index (χ2v) is 3.54. The summed E-state index contributed by atoms with van der Waals surface area (Å²) in [5, 5.41) is 9.16. The summed E-state index contributed by atoms with van der Waals surface area (Å²) in [5.41, 5.74) is 10.5. The first-order chi connectivity index (χ1) is 5.61. The van der Waals surface area contributed by atoms with Gasteiger partial charge in [0.25, 0.3) is 0 Å². The molecule has 0 radical (unpaired) electrons. The number of amides is 1. The van der Waals surface area contributed by atoms with Crippen molar-refractivity contribution in [3.8, 4) is 0 Å². The van der Waals surface area contributed by atoms with Crippen molar-refractivity contribution in [1.82, 2.24) is 0 Å². The van der Waals surface area contributed by atoms with Crippen LogP contribution < -0.4 is 11.5 Å². The number of carbonyl (C=O) groups is 1. The van der Waals surface area contributed by atoms with Crippen molar-refractivity contribution >= 4 is 18.3 Å². The van der Waals surface area contributed by atoms with Crippen LogP contribution in [0.1, 0.15) is 25.7 Å². The fourth-order valence-electron chi connectivity index (χ4n) is 1.45. The van der Waals surface area contributed by atoms with Crippen molar-refractivity contribution in [2.24, 2.45) is 17.4 Å². The predicted octanol–water partition coefficient (Wildman–Crippen LogP) is -0.228. The van der Waals surface area contributed by atoms with Crippen LogP contribution in [-0.4, -0.2) is 23.2 Å². The maximum Gasteiger partial charge on any atom is 0.247 e. The van der Waals surface area contributed by atoms with Gasteiger partial charge in [-0.25, -0.2) is 0 Å². The molecule has 0 spiro atoms. The van der Waals surface area contributed by atoms with E-state index in [0.717, 1.165) is 0 Å². The largest absolute Gasteiger partial charge is 0.382 e. The molecule has 0 heterocycles. The first-order valence-electron chi connectivity index (χ1n) is 4.34. The number of aliphatic hydroxyl groups is 1. The molecule has 5 heteroatoms. The second-order valence-electron chi connectivity index (χ2n) is 3.54. The number of hydrogen-bond acceptors (Lipinski definition) is 3. The van der Waals surface area contributed by atoms with Crippen molar-refractivity contribution in [3.05, 3.63) is 0 Å². The Kier molecular flexibility index (Phi) is 5.29. The molecule has 1 aliphatic rings. The van der Waals surface area contributed by atoms with Gasteiger partial charge in [0.2, 0.25) is 5.91 Å². The Morgan fingerprint density at radius 2 is 2.08 bits per heavy atom. The summed E-state index contributed by atoms with van der Waals surface area (Å²) < 4.78 is 0. The summed E-state index contributed by atoms with van der Waals surface area (Å²) in [6.45, 7) is 0. The molecule has 1 amide bonds. The molecule has 0 bridgehead atoms. The smallest absolute Gasteiger partial charge is 0.247 e. The van der Waals surface area contributed by atoms with E-state index in [4.69, 9.17) is 16.6 Å². The molecule has 0 aromatic heterocycles. The topological polar surface area (TPSA) is 89.3 Å². The molecule has 1 aliphatic carbocycles. The van der Waals surface area contributed by atoms with Crippen LogP contribution in [0.3, 0.4) is 0 Å². The molecule has 0 unspecified atom stereocenters. The molecule has 4 nitrogen and oxygen atoms in total. The summed E-state index contributed by atoms with van der Waals surface area (Å²) in [6.07, 6.45) is 3.11. The van der Waals surface area contributed by atoms with E-state index in [1.165, 1.54) is 19.3 Å². The molecule has 5 N–H and O–H groups in total. The zero-order valence-electron chi connectivity index (χ0n) is 7.48. The normalized spacial score (nSPS) is 21.1. The maximum atomic E-state index is 10.5. The number of hydrogen-bond donors (Lipinski definition) is 3. The van der Waals surface area contributed by atoms with Crippen LogP contribution >= 0.6 is 12.4 Å². The molecule has 1 saturated carbocycles. The van der Waals surface area contributed by atoms with Gasteiger partial charge in [-0.3, -0.25) is 4.79 Å². The summed E-state index contributed by atoms with van der Waals surface area (Å²) in [7, 11) is 0. The first kappa shape index (κ1) is 12.7. The Hall–Kier alpha value is -0.320. The first-order valence-corrected chi connectivity index (χ1v) is 4.34. The monoisotopic (exact) mass is 208 g/mol. The maximum absolute atomic E-state index is 10.5. The molecule has 0 aromatic carbocycles. The van der Waals surface area contributed by atoms with Crippen molar-refractivity contribution < 1.29 is 9.90 Å². The number of carbonyl (C=O) groups excluding carboxylic acids is 1. The number of primary amides is 1. The molecule has 78 valence electrons. The molecule has 0 saturated heterocycles. The average molecular weight is 209 g/mol. The lowest BCUT2D eigenvalue weighted by molar-refractivity contribution is -0.127. The zero-order chi connectivity index (χ0) is 9.14. The Morgan fingerprint density at radius 3 is 2.38 bits per heavy atom. The summed E-state index contributed by atoms with van der Waals surface area (Å²) in [5.74, 6) is -0.129. The van der Waals surface area contributed by atoms with Crippen molar-refractivity contribution in [2.75, 3.05) is 0 Å². The molecular formula is C8H17ClN2O2. The lowest BCUT2D eigenvalue weighted by atomic mass is 9.80. The molecule has 1 fully saturated rings. The highest BCUT2D eigenvalue weighted by Gasteiger charge is 2.26. The Bertz CT molecular complexity index is 174. The Morgan fingerprint density at radius 1 is 1.54 bits per heavy atom. The van der Waals surface area contributed by atoms with Gasteiger partial charge in [0, 0.05) is 6.04 Å². The highest BCUT2D eigenvalue weighted by atomic mass is 35.5. The summed E-state index contributed by atoms with van der Waals surface area (Å²) in [4.78, 5) is 10.5. The Labute approximate surface area is 84.1 Å². The summed E-state index contributed by atoms with van der Waals surface area (Å²) >= 11 is 0. The van der Waals surface area contributed by atoms with Gasteiger partial charge < -0.3 is 16.6 Å². The van der Waals surface area contributed by atoms with Crippen LogP contribution in [0.4, 0.5) is 0 Å². The van der Waals surface area contributed by atoms with Crippen molar-refractivity contribution in [3.63, 3.8) is 0 Å². The van der Waals surface area contributed by atoms with E-state index in [1.807, 2.05) is 0 Å². The Balaban J connectivity index is 0.00000144. The quantitative estimate of drug-likeness (QED) is 0.596. The second kappa shape index (κ2) is 5.42. The number of aliphatic hydroxyl groups excluding tert-OH is 1. The van der Waals surface area contributed by atoms with Gasteiger partial charge >= 0.3 is 0 Å². The molecule has 0 aromatic rings. The van der Waals surface area contributed by atoms with Gasteiger partial charge in [0.15, 0.2) is 0 Å². The molecule has 1 rings (SSSR count). The lowest BCUT2D eigenvalue weighted by Gasteiger charge is -2.29. The fraction of sp³-hybridized carbons (Fsp3) is 0.875. The van der Waals surface area contributed by atoms with E-state index < -0.39 is 18.1 Å². The van der Waals surface area contributed by atoms with Gasteiger partial charge in [0.05, 0.1) is 0 Å². The zero-order valence-corrected chi connectivity index (χ0v) is 8.30. The van der Waals surface area contributed by atoms with Crippen LogP contribution in [0.15, 0.2) is 0 Å². The third kappa shape index (κ3) is 3.50. The molecule has 0 aliphatic heterocycles. The highest BCUT2D eigenvalue weighted by Crippen LogP contribution is 2.30. The molecular weight excluding hydrogens is 192 g/mol. The fourth-order valence-corrected chi connectivity index (χ4v) is 1.45. The van der Waals surface area contributed by atoms with Crippen LogP contribution in [0, 0.1) is 5.92 Å². The average Bonchev–Trinajstić information content (AvgIpc) is 1.94. The minimum atomic E-state index is -1.18. The van der Waals surface area contributed by atoms with E-state index in [9.17, 15) is 4.79 Å². The van der Waals surface area contributed by atoms with E-state index in [0.29, 0.717) is 12.3 Å². The number of halogens is 1.